The van der Waals surface area contributed by atoms with Gasteiger partial charge in [-0.25, -0.2) is 0 Å². The predicted molar refractivity (Wildman–Crippen MR) is 285 cm³/mol. The van der Waals surface area contributed by atoms with Crippen molar-refractivity contribution in [1.82, 2.24) is 0 Å². The molecule has 6 aromatic carbocycles. The van der Waals surface area contributed by atoms with Gasteiger partial charge in [0.25, 0.3) is 0 Å². The Kier molecular flexibility index (Phi) is 23.1. The fourth-order valence-corrected chi connectivity index (χ4v) is 6.53. The highest BCUT2D eigenvalue weighted by Gasteiger charge is 2.16. The first kappa shape index (κ1) is 55.4. The van der Waals surface area contributed by atoms with Gasteiger partial charge in [0, 0.05) is 65.6 Å². The average Bonchev–Trinajstić information content (AvgIpc) is 3.30. The van der Waals surface area contributed by atoms with E-state index in [1.54, 1.807) is 18.2 Å². The summed E-state index contributed by atoms with van der Waals surface area (Å²) in [4.78, 5) is 25.6. The first-order chi connectivity index (χ1) is 32.1. The van der Waals surface area contributed by atoms with Crippen LogP contribution in [-0.2, 0) is 57.3 Å². The third kappa shape index (κ3) is 17.4. The number of hydrogen-bond acceptors (Lipinski definition) is 10. The van der Waals surface area contributed by atoms with Crippen LogP contribution in [0.2, 0.25) is 0 Å². The predicted octanol–water partition coefficient (Wildman–Crippen LogP) is 13.4. The van der Waals surface area contributed by atoms with E-state index >= 15 is 0 Å². The molecule has 0 fully saturated rings. The minimum atomic E-state index is -0.358. The molecule has 354 valence electrons. The summed E-state index contributed by atoms with van der Waals surface area (Å²) in [5.74, 6) is 0.487. The molecule has 0 aliphatic carbocycles. The van der Waals surface area contributed by atoms with Gasteiger partial charge in [0.2, 0.25) is 0 Å². The SMILES string of the molecule is C.CC(C)=CCc1c(C)ccc(C(=O)/C=C/c2ccc(O)cc2O)c1O.CC(C)=CCc1c(C)ccc(C(=O)/C=C/c2ccc(OCc3ccccc3)cc2OCc2ccccc2)c1O.S=S=S. The van der Waals surface area contributed by atoms with Crippen LogP contribution >= 0.6 is 0 Å². The lowest BCUT2D eigenvalue weighted by molar-refractivity contribution is 0.103. The molecule has 8 nitrogen and oxygen atoms in total. The Balaban J connectivity index is 0.000000365. The van der Waals surface area contributed by atoms with Crippen molar-refractivity contribution < 1.29 is 39.5 Å². The van der Waals surface area contributed by atoms with Crippen molar-refractivity contribution in [3.05, 3.63) is 212 Å². The molecule has 0 unspecified atom stereocenters. The average molecular weight is 969 g/mol. The Morgan fingerprint density at radius 1 is 0.574 bits per heavy atom. The highest BCUT2D eigenvalue weighted by atomic mass is 33.1. The highest BCUT2D eigenvalue weighted by molar-refractivity contribution is 8.37. The molecule has 0 atom stereocenters. The van der Waals surface area contributed by atoms with Crippen molar-refractivity contribution in [2.45, 2.75) is 75.0 Å². The molecule has 6 aromatic rings. The van der Waals surface area contributed by atoms with Crippen LogP contribution < -0.4 is 9.47 Å². The van der Waals surface area contributed by atoms with E-state index in [0.717, 1.165) is 59.0 Å². The van der Waals surface area contributed by atoms with E-state index in [1.165, 1.54) is 36.4 Å². The van der Waals surface area contributed by atoms with Crippen LogP contribution in [0.5, 0.6) is 34.5 Å². The van der Waals surface area contributed by atoms with Crippen molar-refractivity contribution >= 4 is 55.0 Å². The number of carbonyl (C=O) groups is 2. The van der Waals surface area contributed by atoms with Gasteiger partial charge < -0.3 is 29.9 Å². The largest absolute Gasteiger partial charge is 0.508 e. The quantitative estimate of drug-likeness (QED) is 0.0422. The molecule has 0 aromatic heterocycles. The summed E-state index contributed by atoms with van der Waals surface area (Å²) >= 11 is 8.25. The molecular formula is C57H60O8S3. The second-order valence-corrected chi connectivity index (χ2v) is 17.7. The second-order valence-electron chi connectivity index (χ2n) is 15.9. The highest BCUT2D eigenvalue weighted by Crippen LogP contribution is 2.32. The molecule has 4 N–H and O–H groups in total. The maximum absolute atomic E-state index is 13.1. The summed E-state index contributed by atoms with van der Waals surface area (Å²) in [6.07, 6.45) is 11.1. The number of ketones is 2. The fraction of sp³-hybridized carbons (Fsp3) is 0.193. The number of allylic oxidation sites excluding steroid dienone is 6. The Morgan fingerprint density at radius 2 is 1.01 bits per heavy atom. The fourth-order valence-electron chi connectivity index (χ4n) is 6.53. The van der Waals surface area contributed by atoms with Gasteiger partial charge in [0.05, 0.1) is 11.1 Å². The minimum absolute atomic E-state index is 0. The molecule has 0 radical (unpaired) electrons. The zero-order valence-corrected chi connectivity index (χ0v) is 40.9. The van der Waals surface area contributed by atoms with E-state index < -0.39 is 0 Å². The van der Waals surface area contributed by atoms with Gasteiger partial charge in [-0.1, -0.05) is 104 Å². The van der Waals surface area contributed by atoms with Gasteiger partial charge in [0.1, 0.15) is 47.7 Å². The summed E-state index contributed by atoms with van der Waals surface area (Å²) in [6, 6.07) is 36.5. The number of aromatic hydroxyl groups is 4. The van der Waals surface area contributed by atoms with Crippen LogP contribution in [0.4, 0.5) is 0 Å². The molecular weight excluding hydrogens is 909 g/mol. The molecule has 0 aliphatic rings. The molecule has 68 heavy (non-hydrogen) atoms. The monoisotopic (exact) mass is 968 g/mol. The number of benzene rings is 6. The summed E-state index contributed by atoms with van der Waals surface area (Å²) < 4.78 is 12.2. The van der Waals surface area contributed by atoms with E-state index in [9.17, 15) is 30.0 Å². The summed E-state index contributed by atoms with van der Waals surface area (Å²) in [5.41, 5.74) is 9.41. The molecule has 0 spiro atoms. The number of carbonyl (C=O) groups excluding carboxylic acids is 2. The summed E-state index contributed by atoms with van der Waals surface area (Å²) in [5, 5.41) is 40.4. The molecule has 0 bridgehead atoms. The lowest BCUT2D eigenvalue weighted by atomic mass is 9.97. The van der Waals surface area contributed by atoms with Crippen molar-refractivity contribution in [2.75, 3.05) is 0 Å². The van der Waals surface area contributed by atoms with Gasteiger partial charge in [-0.05, 0) is 137 Å². The van der Waals surface area contributed by atoms with Crippen LogP contribution in [0.1, 0.15) is 100 Å². The van der Waals surface area contributed by atoms with E-state index in [-0.39, 0.29) is 53.1 Å². The molecule has 0 aliphatic heterocycles. The lowest BCUT2D eigenvalue weighted by Gasteiger charge is -2.13. The van der Waals surface area contributed by atoms with Gasteiger partial charge >= 0.3 is 0 Å². The maximum Gasteiger partial charge on any atom is 0.189 e. The third-order valence-corrected chi connectivity index (χ3v) is 10.3. The topological polar surface area (TPSA) is 134 Å². The summed E-state index contributed by atoms with van der Waals surface area (Å²) in [6.45, 7) is 12.6. The standard InChI is InChI=1S/C35H34O4.C21H22O4.CH4.S3/c1-25(2)14-19-31-26(3)15-20-32(35(31)37)33(36)21-17-29-16-18-30(38-23-27-10-6-4-7-11-27)22-34(29)39-24-28-12-8-5-9-13-28;1-13(2)4-9-17-14(3)5-10-18(21(17)25)19(23)11-7-15-6-8-16(22)12-20(15)24;;1-3-2/h4-18,20-22,37H,19,23-24H2,1-3H3;4-8,10-12,22,24-25H,9H2,1-3H3;1H4;/b21-17+;11-7+;;. The Bertz CT molecular complexity index is 2800. The number of rotatable bonds is 16. The Labute approximate surface area is 414 Å². The molecule has 0 saturated carbocycles. The van der Waals surface area contributed by atoms with E-state index in [0.29, 0.717) is 43.1 Å². The molecule has 6 rings (SSSR count). The van der Waals surface area contributed by atoms with Gasteiger partial charge in [-0.2, -0.15) is 0 Å². The molecule has 11 heteroatoms. The molecule has 0 amide bonds. The zero-order valence-electron chi connectivity index (χ0n) is 38.5. The van der Waals surface area contributed by atoms with Gasteiger partial charge in [0.15, 0.2) is 11.6 Å². The van der Waals surface area contributed by atoms with Crippen molar-refractivity contribution in [2.24, 2.45) is 0 Å². The number of hydrogen-bond donors (Lipinski definition) is 4. The normalized spacial score (nSPS) is 10.4. The Morgan fingerprint density at radius 3 is 1.47 bits per heavy atom. The smallest absolute Gasteiger partial charge is 0.189 e. The summed E-state index contributed by atoms with van der Waals surface area (Å²) in [7, 11) is 0.917. The van der Waals surface area contributed by atoms with Crippen LogP contribution in [0.3, 0.4) is 0 Å². The molecule has 0 saturated heterocycles. The van der Waals surface area contributed by atoms with Crippen molar-refractivity contribution in [1.29, 1.82) is 0 Å². The number of ether oxygens (including phenoxy) is 2. The van der Waals surface area contributed by atoms with Crippen molar-refractivity contribution in [3.63, 3.8) is 0 Å². The van der Waals surface area contributed by atoms with Crippen LogP contribution in [0.25, 0.3) is 12.2 Å². The third-order valence-electron chi connectivity index (χ3n) is 10.3. The van der Waals surface area contributed by atoms with Gasteiger partial charge in [-0.15, -0.1) is 0 Å². The number of phenols is 4. The number of phenolic OH excluding ortho intramolecular Hbond substituents is 4. The van der Waals surface area contributed by atoms with E-state index in [1.807, 2.05) is 145 Å². The molecule has 0 heterocycles. The maximum atomic E-state index is 13.1. The van der Waals surface area contributed by atoms with E-state index in [4.69, 9.17) is 9.47 Å². The second kappa shape index (κ2) is 28.3. The lowest BCUT2D eigenvalue weighted by Crippen LogP contribution is -2.01. The minimum Gasteiger partial charge on any atom is -0.508 e. The Hall–Kier alpha value is -6.92. The first-order valence-electron chi connectivity index (χ1n) is 21.4. The van der Waals surface area contributed by atoms with E-state index in [2.05, 4.69) is 22.4 Å². The first-order valence-corrected chi connectivity index (χ1v) is 24.0. The number of aryl methyl sites for hydroxylation is 2. The van der Waals surface area contributed by atoms with Crippen LogP contribution in [0, 0.1) is 13.8 Å². The van der Waals surface area contributed by atoms with Crippen LogP contribution in [0.15, 0.2) is 157 Å². The van der Waals surface area contributed by atoms with Crippen LogP contribution in [-0.4, -0.2) is 32.0 Å². The van der Waals surface area contributed by atoms with Crippen molar-refractivity contribution in [3.8, 4) is 34.5 Å². The van der Waals surface area contributed by atoms with Gasteiger partial charge in [-0.3, -0.25) is 9.59 Å². The zero-order chi connectivity index (χ0) is 48.9.